The Morgan fingerprint density at radius 1 is 1.41 bits per heavy atom. The van der Waals surface area contributed by atoms with Crippen LogP contribution in [0.1, 0.15) is 29.3 Å². The molecule has 0 unspecified atom stereocenters. The number of nitrogens with zero attached hydrogens (tertiary/aromatic N) is 1. The van der Waals surface area contributed by atoms with Crippen molar-refractivity contribution in [2.24, 2.45) is 0 Å². The Morgan fingerprint density at radius 3 is 2.82 bits per heavy atom. The molecular formula is C13H13ClN2S. The maximum atomic E-state index is 6.07. The smallest absolute Gasteiger partial charge is 0.114 e. The summed E-state index contributed by atoms with van der Waals surface area (Å²) in [6, 6.07) is 5.84. The molecule has 88 valence electrons. The highest BCUT2D eigenvalue weighted by molar-refractivity contribution is 7.16. The number of hydrogen-bond acceptors (Lipinski definition) is 3. The Balaban J connectivity index is 2.07. The van der Waals surface area contributed by atoms with Crippen molar-refractivity contribution >= 4 is 27.9 Å². The summed E-state index contributed by atoms with van der Waals surface area (Å²) in [4.78, 5) is 4.68. The molecule has 17 heavy (non-hydrogen) atoms. The molecule has 1 aromatic carbocycles. The van der Waals surface area contributed by atoms with E-state index in [2.05, 4.69) is 4.98 Å². The second-order valence-corrected chi connectivity index (χ2v) is 6.00. The monoisotopic (exact) mass is 264 g/mol. The molecule has 1 aliphatic rings. The van der Waals surface area contributed by atoms with Gasteiger partial charge in [-0.15, -0.1) is 11.3 Å². The van der Waals surface area contributed by atoms with Crippen LogP contribution in [0.3, 0.4) is 0 Å². The summed E-state index contributed by atoms with van der Waals surface area (Å²) in [5.41, 5.74) is 9.21. The van der Waals surface area contributed by atoms with E-state index in [0.29, 0.717) is 5.92 Å². The Kier molecular flexibility index (Phi) is 2.60. The highest BCUT2D eigenvalue weighted by Gasteiger charge is 2.28. The van der Waals surface area contributed by atoms with Gasteiger partial charge < -0.3 is 5.73 Å². The third-order valence-corrected chi connectivity index (χ3v) is 4.32. The van der Waals surface area contributed by atoms with Gasteiger partial charge in [0.25, 0.3) is 0 Å². The average Bonchev–Trinajstić information content (AvgIpc) is 3.04. The molecule has 0 radical (unpaired) electrons. The normalized spacial score (nSPS) is 15.2. The van der Waals surface area contributed by atoms with Gasteiger partial charge in [0.1, 0.15) is 10.7 Å². The summed E-state index contributed by atoms with van der Waals surface area (Å²) in [7, 11) is 0. The van der Waals surface area contributed by atoms with E-state index in [0.717, 1.165) is 26.8 Å². The topological polar surface area (TPSA) is 38.9 Å². The van der Waals surface area contributed by atoms with Crippen LogP contribution in [-0.4, -0.2) is 4.98 Å². The number of benzene rings is 1. The van der Waals surface area contributed by atoms with Crippen molar-refractivity contribution in [3.05, 3.63) is 33.8 Å². The first-order chi connectivity index (χ1) is 8.15. The van der Waals surface area contributed by atoms with E-state index in [-0.39, 0.29) is 0 Å². The van der Waals surface area contributed by atoms with Crippen LogP contribution in [0.25, 0.3) is 11.3 Å². The van der Waals surface area contributed by atoms with E-state index in [1.165, 1.54) is 17.8 Å². The second kappa shape index (κ2) is 4.00. The number of anilines is 1. The Labute approximate surface area is 109 Å². The second-order valence-electron chi connectivity index (χ2n) is 4.50. The van der Waals surface area contributed by atoms with Crippen LogP contribution in [0, 0.1) is 6.92 Å². The lowest BCUT2D eigenvalue weighted by molar-refractivity contribution is 1.08. The molecule has 1 heterocycles. The van der Waals surface area contributed by atoms with Gasteiger partial charge in [-0.2, -0.15) is 0 Å². The summed E-state index contributed by atoms with van der Waals surface area (Å²) in [5, 5.41) is 2.76. The first-order valence-electron chi connectivity index (χ1n) is 5.68. The van der Waals surface area contributed by atoms with Crippen molar-refractivity contribution in [2.45, 2.75) is 25.7 Å². The molecule has 0 amide bonds. The summed E-state index contributed by atoms with van der Waals surface area (Å²) in [6.07, 6.45) is 2.51. The van der Waals surface area contributed by atoms with Crippen molar-refractivity contribution in [3.8, 4) is 11.3 Å². The van der Waals surface area contributed by atoms with Crippen molar-refractivity contribution < 1.29 is 0 Å². The van der Waals surface area contributed by atoms with Crippen LogP contribution < -0.4 is 5.73 Å². The molecule has 4 heteroatoms. The number of nitrogen functional groups attached to an aromatic ring is 1. The number of aryl methyl sites for hydroxylation is 1. The van der Waals surface area contributed by atoms with Gasteiger partial charge in [0, 0.05) is 16.5 Å². The van der Waals surface area contributed by atoms with Gasteiger partial charge in [-0.05, 0) is 37.5 Å². The predicted octanol–water partition coefficient (Wildman–Crippen LogP) is 4.23. The van der Waals surface area contributed by atoms with Crippen molar-refractivity contribution in [1.82, 2.24) is 4.98 Å². The Morgan fingerprint density at radius 2 is 2.18 bits per heavy atom. The molecule has 3 rings (SSSR count). The third kappa shape index (κ3) is 2.05. The minimum Gasteiger partial charge on any atom is -0.389 e. The highest BCUT2D eigenvalue weighted by Crippen LogP contribution is 2.45. The lowest BCUT2D eigenvalue weighted by Crippen LogP contribution is -1.89. The van der Waals surface area contributed by atoms with Crippen molar-refractivity contribution in [2.75, 3.05) is 5.73 Å². The van der Waals surface area contributed by atoms with E-state index < -0.39 is 0 Å². The zero-order valence-corrected chi connectivity index (χ0v) is 11.1. The van der Waals surface area contributed by atoms with Gasteiger partial charge in [-0.3, -0.25) is 0 Å². The van der Waals surface area contributed by atoms with Crippen LogP contribution in [0.5, 0.6) is 0 Å². The Hall–Kier alpha value is -1.06. The zero-order valence-electron chi connectivity index (χ0n) is 9.53. The molecule has 2 N–H and O–H groups in total. The molecule has 0 saturated heterocycles. The van der Waals surface area contributed by atoms with Crippen LogP contribution in [0.4, 0.5) is 5.00 Å². The third-order valence-electron chi connectivity index (χ3n) is 3.04. The first-order valence-corrected chi connectivity index (χ1v) is 6.87. The first kappa shape index (κ1) is 11.1. The molecule has 1 aromatic heterocycles. The number of aromatic nitrogens is 1. The molecular weight excluding hydrogens is 252 g/mol. The standard InChI is InChI=1S/C13H13ClN2S/c1-7-6-9(14)4-5-10(7)11-12(15)17-13(16-11)8-2-3-8/h4-6,8H,2-3,15H2,1H3. The fraction of sp³-hybridized carbons (Fsp3) is 0.308. The molecule has 1 aliphatic carbocycles. The molecule has 0 spiro atoms. The molecule has 0 aliphatic heterocycles. The number of thiazole rings is 1. The van der Waals surface area contributed by atoms with Crippen molar-refractivity contribution in [3.63, 3.8) is 0 Å². The quantitative estimate of drug-likeness (QED) is 0.882. The molecule has 1 saturated carbocycles. The summed E-state index contributed by atoms with van der Waals surface area (Å²) >= 11 is 7.59. The van der Waals surface area contributed by atoms with E-state index in [4.69, 9.17) is 17.3 Å². The fourth-order valence-corrected chi connectivity index (χ4v) is 3.18. The lowest BCUT2D eigenvalue weighted by Gasteiger charge is -2.03. The number of nitrogens with two attached hydrogens (primary N) is 1. The number of rotatable bonds is 2. The zero-order chi connectivity index (χ0) is 12.0. The van der Waals surface area contributed by atoms with Gasteiger partial charge in [0.2, 0.25) is 0 Å². The summed E-state index contributed by atoms with van der Waals surface area (Å²) in [5.74, 6) is 0.656. The average molecular weight is 265 g/mol. The van der Waals surface area contributed by atoms with Crippen LogP contribution in [0.15, 0.2) is 18.2 Å². The van der Waals surface area contributed by atoms with Gasteiger partial charge in [0.15, 0.2) is 0 Å². The number of hydrogen-bond donors (Lipinski definition) is 1. The molecule has 0 bridgehead atoms. The molecule has 2 nitrogen and oxygen atoms in total. The molecule has 2 aromatic rings. The Bertz CT molecular complexity index is 573. The summed E-state index contributed by atoms with van der Waals surface area (Å²) in [6.45, 7) is 2.04. The molecule has 1 fully saturated rings. The van der Waals surface area contributed by atoms with E-state index in [1.807, 2.05) is 25.1 Å². The minimum atomic E-state index is 0.656. The lowest BCUT2D eigenvalue weighted by atomic mass is 10.1. The van der Waals surface area contributed by atoms with E-state index in [1.54, 1.807) is 11.3 Å². The van der Waals surface area contributed by atoms with Crippen LogP contribution in [-0.2, 0) is 0 Å². The van der Waals surface area contributed by atoms with Gasteiger partial charge in [-0.1, -0.05) is 17.7 Å². The summed E-state index contributed by atoms with van der Waals surface area (Å²) < 4.78 is 0. The number of halogens is 1. The minimum absolute atomic E-state index is 0.656. The van der Waals surface area contributed by atoms with Crippen LogP contribution >= 0.6 is 22.9 Å². The fourth-order valence-electron chi connectivity index (χ4n) is 1.94. The SMILES string of the molecule is Cc1cc(Cl)ccc1-c1nc(C2CC2)sc1N. The van der Waals surface area contributed by atoms with Gasteiger partial charge >= 0.3 is 0 Å². The maximum absolute atomic E-state index is 6.07. The van der Waals surface area contributed by atoms with Gasteiger partial charge in [-0.25, -0.2) is 4.98 Å². The molecule has 0 atom stereocenters. The van der Waals surface area contributed by atoms with Crippen LogP contribution in [0.2, 0.25) is 5.02 Å². The van der Waals surface area contributed by atoms with Gasteiger partial charge in [0.05, 0.1) is 5.01 Å². The van der Waals surface area contributed by atoms with Crippen molar-refractivity contribution in [1.29, 1.82) is 0 Å². The highest BCUT2D eigenvalue weighted by atomic mass is 35.5. The van der Waals surface area contributed by atoms with E-state index >= 15 is 0 Å². The maximum Gasteiger partial charge on any atom is 0.114 e. The predicted molar refractivity (Wildman–Crippen MR) is 73.7 cm³/mol. The largest absolute Gasteiger partial charge is 0.389 e. The van der Waals surface area contributed by atoms with E-state index in [9.17, 15) is 0 Å².